The summed E-state index contributed by atoms with van der Waals surface area (Å²) in [6, 6.07) is 18.2. The number of hydrogen-bond acceptors (Lipinski definition) is 5. The standard InChI is InChI=1S/C24H20ClN5O2/c25-17-13-27-30(14-17)18-9-7-15(8-10-18)24(32)28-20-6-3-11-26-23(20)29-22-19-5-2-1-4-16(19)12-21(22)31/h1-11,13-14,21-22,31H,12H2,(H,26,29)(H,28,32)/t21-,22-/m1/s1. The molecule has 32 heavy (non-hydrogen) atoms. The number of carbonyl (C=O) groups is 1. The molecule has 5 rings (SSSR count). The summed E-state index contributed by atoms with van der Waals surface area (Å²) in [5.74, 6) is 0.239. The maximum absolute atomic E-state index is 12.9. The molecule has 0 saturated carbocycles. The van der Waals surface area contributed by atoms with Crippen LogP contribution in [0.15, 0.2) is 79.3 Å². The van der Waals surface area contributed by atoms with Gasteiger partial charge in [0, 0.05) is 24.4 Å². The van der Waals surface area contributed by atoms with E-state index in [2.05, 4.69) is 20.7 Å². The molecule has 4 aromatic rings. The fourth-order valence-corrected chi connectivity index (χ4v) is 4.05. The third-order valence-electron chi connectivity index (χ3n) is 5.50. The number of pyridine rings is 1. The number of hydrogen-bond donors (Lipinski definition) is 3. The first-order valence-corrected chi connectivity index (χ1v) is 10.6. The van der Waals surface area contributed by atoms with Gasteiger partial charge in [0.05, 0.1) is 34.7 Å². The molecule has 0 bridgehead atoms. The number of aromatic nitrogens is 3. The van der Waals surface area contributed by atoms with Crippen molar-refractivity contribution in [3.8, 4) is 5.69 Å². The molecule has 1 aliphatic carbocycles. The van der Waals surface area contributed by atoms with Crippen molar-refractivity contribution < 1.29 is 9.90 Å². The molecular formula is C24H20ClN5O2. The lowest BCUT2D eigenvalue weighted by Crippen LogP contribution is -2.23. The van der Waals surface area contributed by atoms with Gasteiger partial charge < -0.3 is 15.7 Å². The van der Waals surface area contributed by atoms with Crippen LogP contribution in [0.3, 0.4) is 0 Å². The monoisotopic (exact) mass is 445 g/mol. The minimum absolute atomic E-state index is 0.265. The predicted molar refractivity (Wildman–Crippen MR) is 123 cm³/mol. The Labute approximate surface area is 189 Å². The van der Waals surface area contributed by atoms with Crippen molar-refractivity contribution >= 4 is 29.0 Å². The SMILES string of the molecule is O=C(Nc1cccnc1N[C@@H]1c2ccccc2C[C@H]1O)c1ccc(-n2cc(Cl)cn2)cc1. The van der Waals surface area contributed by atoms with Crippen molar-refractivity contribution in [3.63, 3.8) is 0 Å². The van der Waals surface area contributed by atoms with Gasteiger partial charge in [-0.1, -0.05) is 35.9 Å². The van der Waals surface area contributed by atoms with Crippen LogP contribution in [0.2, 0.25) is 5.02 Å². The Kier molecular flexibility index (Phi) is 5.34. The Morgan fingerprint density at radius 2 is 1.91 bits per heavy atom. The zero-order valence-corrected chi connectivity index (χ0v) is 17.7. The van der Waals surface area contributed by atoms with Crippen LogP contribution in [-0.4, -0.2) is 31.9 Å². The van der Waals surface area contributed by atoms with Crippen molar-refractivity contribution in [2.45, 2.75) is 18.6 Å². The third kappa shape index (κ3) is 3.95. The van der Waals surface area contributed by atoms with Crippen LogP contribution in [0.5, 0.6) is 0 Å². The highest BCUT2D eigenvalue weighted by Crippen LogP contribution is 2.35. The van der Waals surface area contributed by atoms with E-state index in [1.54, 1.807) is 59.7 Å². The second-order valence-corrected chi connectivity index (χ2v) is 8.03. The van der Waals surface area contributed by atoms with E-state index in [1.165, 1.54) is 0 Å². The number of amides is 1. The lowest BCUT2D eigenvalue weighted by Gasteiger charge is -2.20. The Morgan fingerprint density at radius 1 is 1.09 bits per heavy atom. The molecule has 160 valence electrons. The fourth-order valence-electron chi connectivity index (χ4n) is 3.92. The molecule has 0 radical (unpaired) electrons. The number of nitrogens with zero attached hydrogens (tertiary/aromatic N) is 3. The van der Waals surface area contributed by atoms with Gasteiger partial charge in [-0.3, -0.25) is 4.79 Å². The van der Waals surface area contributed by atoms with Gasteiger partial charge in [0.1, 0.15) is 5.82 Å². The largest absolute Gasteiger partial charge is 0.390 e. The number of nitrogens with one attached hydrogen (secondary N) is 2. The molecular weight excluding hydrogens is 426 g/mol. The molecule has 2 aromatic heterocycles. The number of anilines is 2. The second kappa shape index (κ2) is 8.45. The Balaban J connectivity index is 1.34. The maximum Gasteiger partial charge on any atom is 0.255 e. The summed E-state index contributed by atoms with van der Waals surface area (Å²) < 4.78 is 1.64. The van der Waals surface area contributed by atoms with E-state index in [4.69, 9.17) is 11.6 Å². The minimum Gasteiger partial charge on any atom is -0.390 e. The molecule has 2 aromatic carbocycles. The predicted octanol–water partition coefficient (Wildman–Crippen LogP) is 4.24. The molecule has 2 atom stereocenters. The Bertz CT molecular complexity index is 1270. The van der Waals surface area contributed by atoms with Crippen molar-refractivity contribution in [1.29, 1.82) is 0 Å². The molecule has 0 fully saturated rings. The molecule has 3 N–H and O–H groups in total. The van der Waals surface area contributed by atoms with E-state index in [1.807, 2.05) is 24.3 Å². The molecule has 7 nitrogen and oxygen atoms in total. The van der Waals surface area contributed by atoms with Crippen LogP contribution >= 0.6 is 11.6 Å². The van der Waals surface area contributed by atoms with Gasteiger partial charge in [0.25, 0.3) is 5.91 Å². The summed E-state index contributed by atoms with van der Waals surface area (Å²) in [5.41, 5.74) is 3.98. The average Bonchev–Trinajstić information content (AvgIpc) is 3.38. The van der Waals surface area contributed by atoms with Crippen molar-refractivity contribution in [2.75, 3.05) is 10.6 Å². The molecule has 0 spiro atoms. The number of aliphatic hydroxyl groups is 1. The van der Waals surface area contributed by atoms with Gasteiger partial charge in [0.2, 0.25) is 0 Å². The summed E-state index contributed by atoms with van der Waals surface area (Å²) in [5, 5.41) is 21.5. The summed E-state index contributed by atoms with van der Waals surface area (Å²) in [7, 11) is 0. The van der Waals surface area contributed by atoms with E-state index < -0.39 is 6.10 Å². The van der Waals surface area contributed by atoms with Gasteiger partial charge in [0.15, 0.2) is 0 Å². The number of rotatable bonds is 5. The number of aliphatic hydroxyl groups excluding tert-OH is 1. The van der Waals surface area contributed by atoms with Gasteiger partial charge in [-0.2, -0.15) is 5.10 Å². The highest BCUT2D eigenvalue weighted by molar-refractivity contribution is 6.30. The average molecular weight is 446 g/mol. The van der Waals surface area contributed by atoms with Gasteiger partial charge in [-0.05, 0) is 47.5 Å². The van der Waals surface area contributed by atoms with E-state index in [0.717, 1.165) is 16.8 Å². The molecule has 0 saturated heterocycles. The van der Waals surface area contributed by atoms with Crippen LogP contribution in [0, 0.1) is 0 Å². The highest BCUT2D eigenvalue weighted by atomic mass is 35.5. The van der Waals surface area contributed by atoms with Crippen LogP contribution in [-0.2, 0) is 6.42 Å². The molecule has 0 aliphatic heterocycles. The summed E-state index contributed by atoms with van der Waals surface area (Å²) >= 11 is 5.92. The van der Waals surface area contributed by atoms with Crippen LogP contribution in [0.1, 0.15) is 27.5 Å². The molecule has 0 unspecified atom stereocenters. The van der Waals surface area contributed by atoms with E-state index in [9.17, 15) is 9.90 Å². The zero-order chi connectivity index (χ0) is 22.1. The Hall–Kier alpha value is -3.68. The van der Waals surface area contributed by atoms with Gasteiger partial charge in [-0.25, -0.2) is 9.67 Å². The third-order valence-corrected chi connectivity index (χ3v) is 5.69. The van der Waals surface area contributed by atoms with E-state index in [0.29, 0.717) is 28.5 Å². The maximum atomic E-state index is 12.9. The molecule has 1 amide bonds. The second-order valence-electron chi connectivity index (χ2n) is 7.60. The first-order valence-electron chi connectivity index (χ1n) is 10.2. The lowest BCUT2D eigenvalue weighted by atomic mass is 10.1. The quantitative estimate of drug-likeness (QED) is 0.427. The van der Waals surface area contributed by atoms with E-state index >= 15 is 0 Å². The number of halogens is 1. The first kappa shape index (κ1) is 20.2. The number of benzene rings is 2. The van der Waals surface area contributed by atoms with Crippen LogP contribution < -0.4 is 10.6 Å². The summed E-state index contributed by atoms with van der Waals surface area (Å²) in [6.07, 6.45) is 4.91. The summed E-state index contributed by atoms with van der Waals surface area (Å²) in [4.78, 5) is 17.2. The Morgan fingerprint density at radius 3 is 2.69 bits per heavy atom. The molecule has 2 heterocycles. The normalized spacial score (nSPS) is 17.1. The fraction of sp³-hybridized carbons (Fsp3) is 0.125. The lowest BCUT2D eigenvalue weighted by molar-refractivity contribution is 0.102. The molecule has 1 aliphatic rings. The van der Waals surface area contributed by atoms with Gasteiger partial charge in [-0.15, -0.1) is 0 Å². The summed E-state index contributed by atoms with van der Waals surface area (Å²) in [6.45, 7) is 0. The van der Waals surface area contributed by atoms with Crippen molar-refractivity contribution in [2.24, 2.45) is 0 Å². The van der Waals surface area contributed by atoms with Crippen LogP contribution in [0.4, 0.5) is 11.5 Å². The number of fused-ring (bicyclic) bond motifs is 1. The first-order chi connectivity index (χ1) is 15.6. The van der Waals surface area contributed by atoms with Crippen molar-refractivity contribution in [3.05, 3.63) is 101 Å². The highest BCUT2D eigenvalue weighted by Gasteiger charge is 2.31. The topological polar surface area (TPSA) is 92.1 Å². The van der Waals surface area contributed by atoms with Crippen molar-refractivity contribution in [1.82, 2.24) is 14.8 Å². The molecule has 8 heteroatoms. The van der Waals surface area contributed by atoms with Gasteiger partial charge >= 0.3 is 0 Å². The van der Waals surface area contributed by atoms with E-state index in [-0.39, 0.29) is 11.9 Å². The van der Waals surface area contributed by atoms with Crippen LogP contribution in [0.25, 0.3) is 5.69 Å². The number of carbonyl (C=O) groups excluding carboxylic acids is 1. The zero-order valence-electron chi connectivity index (χ0n) is 16.9. The minimum atomic E-state index is -0.568. The smallest absolute Gasteiger partial charge is 0.255 e.